The van der Waals surface area contributed by atoms with Gasteiger partial charge in [-0.2, -0.15) is 5.10 Å². The van der Waals surface area contributed by atoms with Crippen LogP contribution in [0.4, 0.5) is 10.5 Å². The standard InChI is InChI=1S/C26H25N9O3/c1-28-25(36)18-3-2-4-21-19(18)11-22(31-21)23-20-10-16(13-30-24(20)33-32-23)15-9-17(14-29-12-15)35(27)26(37)34-5-7-38-8-6-34/h2-4,9-14,31H,5-8,27H2,1H3,(H,28,36)(H,30,32,33). The van der Waals surface area contributed by atoms with Crippen molar-refractivity contribution < 1.29 is 14.3 Å². The second kappa shape index (κ2) is 9.57. The van der Waals surface area contributed by atoms with E-state index in [0.717, 1.165) is 38.1 Å². The van der Waals surface area contributed by atoms with Gasteiger partial charge in [0.25, 0.3) is 5.91 Å². The second-order valence-corrected chi connectivity index (χ2v) is 8.91. The molecule has 0 radical (unpaired) electrons. The average Bonchev–Trinajstić information content (AvgIpc) is 3.60. The number of aromatic nitrogens is 5. The van der Waals surface area contributed by atoms with Gasteiger partial charge in [0.05, 0.1) is 30.8 Å². The van der Waals surface area contributed by atoms with Crippen molar-refractivity contribution >= 4 is 39.6 Å². The number of anilines is 1. The first-order valence-electron chi connectivity index (χ1n) is 12.1. The number of H-pyrrole nitrogens is 2. The fourth-order valence-corrected chi connectivity index (χ4v) is 4.62. The number of rotatable bonds is 4. The summed E-state index contributed by atoms with van der Waals surface area (Å²) in [6.07, 6.45) is 4.95. The van der Waals surface area contributed by atoms with Crippen LogP contribution in [0.5, 0.6) is 0 Å². The normalized spacial score (nSPS) is 13.7. The monoisotopic (exact) mass is 511 g/mol. The molecule has 192 valence electrons. The minimum absolute atomic E-state index is 0.162. The number of carbonyl (C=O) groups excluding carboxylic acids is 2. The first kappa shape index (κ1) is 23.6. The van der Waals surface area contributed by atoms with E-state index >= 15 is 0 Å². The van der Waals surface area contributed by atoms with Crippen molar-refractivity contribution in [3.05, 3.63) is 60.6 Å². The highest BCUT2D eigenvalue weighted by Gasteiger charge is 2.23. The van der Waals surface area contributed by atoms with E-state index in [0.29, 0.717) is 48.9 Å². The summed E-state index contributed by atoms with van der Waals surface area (Å²) in [5.74, 6) is 6.01. The third-order valence-corrected chi connectivity index (χ3v) is 6.63. The Kier molecular flexibility index (Phi) is 5.94. The van der Waals surface area contributed by atoms with E-state index in [1.54, 1.807) is 42.7 Å². The number of benzene rings is 1. The highest BCUT2D eigenvalue weighted by molar-refractivity contribution is 6.08. The number of morpholine rings is 1. The minimum atomic E-state index is -0.312. The molecular formula is C26H25N9O3. The summed E-state index contributed by atoms with van der Waals surface area (Å²) >= 11 is 0. The summed E-state index contributed by atoms with van der Waals surface area (Å²) in [7, 11) is 1.61. The Hall–Kier alpha value is -4.81. The van der Waals surface area contributed by atoms with Gasteiger partial charge in [0, 0.05) is 65.5 Å². The summed E-state index contributed by atoms with van der Waals surface area (Å²) in [5.41, 5.74) is 5.41. The van der Waals surface area contributed by atoms with E-state index < -0.39 is 0 Å². The topological polar surface area (TPSA) is 158 Å². The number of hydrogen-bond acceptors (Lipinski definition) is 7. The summed E-state index contributed by atoms with van der Waals surface area (Å²) < 4.78 is 5.32. The van der Waals surface area contributed by atoms with Crippen LogP contribution in [0.1, 0.15) is 10.4 Å². The minimum Gasteiger partial charge on any atom is -0.378 e. The molecule has 1 saturated heterocycles. The molecule has 3 amide bonds. The van der Waals surface area contributed by atoms with E-state index in [1.807, 2.05) is 24.3 Å². The molecule has 0 unspecified atom stereocenters. The van der Waals surface area contributed by atoms with Gasteiger partial charge < -0.3 is 19.9 Å². The lowest BCUT2D eigenvalue weighted by molar-refractivity contribution is 0.0548. The number of hydrogen-bond donors (Lipinski definition) is 4. The molecule has 1 aliphatic heterocycles. The van der Waals surface area contributed by atoms with Crippen LogP contribution < -0.4 is 16.2 Å². The van der Waals surface area contributed by atoms with Gasteiger partial charge in [0.15, 0.2) is 5.65 Å². The Labute approximate surface area is 216 Å². The van der Waals surface area contributed by atoms with Gasteiger partial charge in [0.1, 0.15) is 5.69 Å². The van der Waals surface area contributed by atoms with Crippen molar-refractivity contribution in [3.8, 4) is 22.5 Å². The first-order valence-corrected chi connectivity index (χ1v) is 12.1. The smallest absolute Gasteiger partial charge is 0.339 e. The SMILES string of the molecule is CNC(=O)c1cccc2[nH]c(-c3n[nH]c4ncc(-c5cncc(N(N)C(=O)N6CCOCC6)c5)cc34)cc12. The number of fused-ring (bicyclic) bond motifs is 2. The zero-order chi connectivity index (χ0) is 26.2. The molecule has 12 heteroatoms. The lowest BCUT2D eigenvalue weighted by atomic mass is 10.1. The maximum atomic E-state index is 12.8. The average molecular weight is 512 g/mol. The van der Waals surface area contributed by atoms with E-state index in [1.165, 1.54) is 0 Å². The fourth-order valence-electron chi connectivity index (χ4n) is 4.62. The van der Waals surface area contributed by atoms with Gasteiger partial charge in [-0.05, 0) is 30.3 Å². The molecule has 1 aliphatic rings. The van der Waals surface area contributed by atoms with Crippen LogP contribution >= 0.6 is 0 Å². The highest BCUT2D eigenvalue weighted by atomic mass is 16.5. The van der Waals surface area contributed by atoms with Crippen LogP contribution in [0.3, 0.4) is 0 Å². The number of hydrazine groups is 1. The Balaban J connectivity index is 1.35. The lowest BCUT2D eigenvalue weighted by Crippen LogP contribution is -2.51. The quantitative estimate of drug-likeness (QED) is 0.164. The van der Waals surface area contributed by atoms with Crippen molar-refractivity contribution in [2.75, 3.05) is 38.4 Å². The first-order chi connectivity index (χ1) is 18.5. The fraction of sp³-hybridized carbons (Fsp3) is 0.192. The number of nitrogens with one attached hydrogen (secondary N) is 3. The molecule has 6 rings (SSSR count). The van der Waals surface area contributed by atoms with Crippen LogP contribution in [0.15, 0.2) is 55.0 Å². The molecule has 1 fully saturated rings. The van der Waals surface area contributed by atoms with Crippen LogP contribution in [0, 0.1) is 0 Å². The molecule has 5 aromatic rings. The summed E-state index contributed by atoms with van der Waals surface area (Å²) in [4.78, 5) is 39.0. The van der Waals surface area contributed by atoms with Crippen LogP contribution in [0.25, 0.3) is 44.5 Å². The van der Waals surface area contributed by atoms with Gasteiger partial charge in [-0.3, -0.25) is 14.9 Å². The van der Waals surface area contributed by atoms with Crippen molar-refractivity contribution in [1.29, 1.82) is 0 Å². The van der Waals surface area contributed by atoms with Crippen molar-refractivity contribution in [2.45, 2.75) is 0 Å². The molecular weight excluding hydrogens is 486 g/mol. The predicted molar refractivity (Wildman–Crippen MR) is 142 cm³/mol. The van der Waals surface area contributed by atoms with E-state index in [4.69, 9.17) is 10.6 Å². The highest BCUT2D eigenvalue weighted by Crippen LogP contribution is 2.32. The summed E-state index contributed by atoms with van der Waals surface area (Å²) in [6, 6.07) is 10.9. The van der Waals surface area contributed by atoms with Crippen LogP contribution in [-0.4, -0.2) is 75.3 Å². The molecule has 4 aromatic heterocycles. The van der Waals surface area contributed by atoms with Crippen molar-refractivity contribution in [1.82, 2.24) is 35.4 Å². The number of aromatic amines is 2. The van der Waals surface area contributed by atoms with Gasteiger partial charge in [-0.1, -0.05) is 6.07 Å². The third-order valence-electron chi connectivity index (χ3n) is 6.63. The second-order valence-electron chi connectivity index (χ2n) is 8.91. The van der Waals surface area contributed by atoms with E-state index in [-0.39, 0.29) is 11.9 Å². The molecule has 1 aromatic carbocycles. The lowest BCUT2D eigenvalue weighted by Gasteiger charge is -2.30. The maximum Gasteiger partial charge on any atom is 0.339 e. The molecule has 0 saturated carbocycles. The van der Waals surface area contributed by atoms with Gasteiger partial charge >= 0.3 is 6.03 Å². The van der Waals surface area contributed by atoms with Crippen LogP contribution in [-0.2, 0) is 4.74 Å². The summed E-state index contributed by atoms with van der Waals surface area (Å²) in [5, 5.41) is 12.8. The molecule has 38 heavy (non-hydrogen) atoms. The molecule has 12 nitrogen and oxygen atoms in total. The Morgan fingerprint density at radius 1 is 1.08 bits per heavy atom. The zero-order valence-electron chi connectivity index (χ0n) is 20.6. The number of nitrogens with two attached hydrogens (primary N) is 1. The number of pyridine rings is 2. The predicted octanol–water partition coefficient (Wildman–Crippen LogP) is 2.66. The largest absolute Gasteiger partial charge is 0.378 e. The number of carbonyl (C=O) groups is 2. The molecule has 5 heterocycles. The molecule has 0 atom stereocenters. The summed E-state index contributed by atoms with van der Waals surface area (Å²) in [6.45, 7) is 1.95. The number of nitrogens with zero attached hydrogens (tertiary/aromatic N) is 5. The number of urea groups is 1. The number of amides is 3. The molecule has 0 bridgehead atoms. The van der Waals surface area contributed by atoms with Gasteiger partial charge in [-0.25, -0.2) is 20.6 Å². The molecule has 0 spiro atoms. The van der Waals surface area contributed by atoms with Gasteiger partial charge in [0.2, 0.25) is 0 Å². The maximum absolute atomic E-state index is 12.8. The Morgan fingerprint density at radius 2 is 1.89 bits per heavy atom. The third kappa shape index (κ3) is 4.11. The Morgan fingerprint density at radius 3 is 2.71 bits per heavy atom. The molecule has 0 aliphatic carbocycles. The van der Waals surface area contributed by atoms with Crippen molar-refractivity contribution in [3.63, 3.8) is 0 Å². The van der Waals surface area contributed by atoms with Crippen molar-refractivity contribution in [2.24, 2.45) is 5.84 Å². The number of ether oxygens (including phenoxy) is 1. The van der Waals surface area contributed by atoms with Crippen LogP contribution in [0.2, 0.25) is 0 Å². The van der Waals surface area contributed by atoms with E-state index in [2.05, 4.69) is 30.5 Å². The van der Waals surface area contributed by atoms with Gasteiger partial charge in [-0.15, -0.1) is 0 Å². The zero-order valence-corrected chi connectivity index (χ0v) is 20.6. The van der Waals surface area contributed by atoms with E-state index in [9.17, 15) is 9.59 Å². The Bertz CT molecular complexity index is 1670. The molecule has 5 N–H and O–H groups in total.